The van der Waals surface area contributed by atoms with Crippen LogP contribution in [0.5, 0.6) is 5.75 Å². The van der Waals surface area contributed by atoms with Gasteiger partial charge in [-0.2, -0.15) is 0 Å². The normalized spacial score (nSPS) is 12.1. The lowest BCUT2D eigenvalue weighted by molar-refractivity contribution is -0.274. The fraction of sp³-hybridized carbons (Fsp3) is 0.0952. The Morgan fingerprint density at radius 2 is 1.81 bits per heavy atom. The molecule has 0 unspecified atom stereocenters. The van der Waals surface area contributed by atoms with Crippen molar-refractivity contribution in [2.24, 2.45) is 0 Å². The number of carbonyl (C=O) groups is 1. The summed E-state index contributed by atoms with van der Waals surface area (Å²) in [7, 11) is -3.84. The Morgan fingerprint density at radius 1 is 1.06 bits per heavy atom. The van der Waals surface area contributed by atoms with Crippen molar-refractivity contribution in [2.75, 3.05) is 5.32 Å². The van der Waals surface area contributed by atoms with Crippen LogP contribution in [-0.2, 0) is 21.4 Å². The van der Waals surface area contributed by atoms with Crippen LogP contribution in [0.2, 0.25) is 0 Å². The van der Waals surface area contributed by atoms with Crippen LogP contribution >= 0.6 is 0 Å². The molecule has 1 amide bonds. The van der Waals surface area contributed by atoms with Gasteiger partial charge in [0.15, 0.2) is 0 Å². The summed E-state index contributed by atoms with van der Waals surface area (Å²) in [6, 6.07) is 13.9. The van der Waals surface area contributed by atoms with Crippen LogP contribution in [0.25, 0.3) is 6.08 Å². The third-order valence-electron chi connectivity index (χ3n) is 3.97. The summed E-state index contributed by atoms with van der Waals surface area (Å²) in [4.78, 5) is 12.1. The Balaban J connectivity index is 1.60. The molecule has 0 spiro atoms. The molecule has 32 heavy (non-hydrogen) atoms. The number of furan rings is 1. The molecule has 3 rings (SSSR count). The van der Waals surface area contributed by atoms with E-state index in [1.807, 2.05) is 0 Å². The van der Waals surface area contributed by atoms with Gasteiger partial charge in [0, 0.05) is 11.8 Å². The first kappa shape index (κ1) is 23.1. The molecule has 3 aromatic rings. The van der Waals surface area contributed by atoms with Crippen LogP contribution in [0.3, 0.4) is 0 Å². The summed E-state index contributed by atoms with van der Waals surface area (Å²) >= 11 is 0. The van der Waals surface area contributed by atoms with Crippen molar-refractivity contribution in [3.05, 3.63) is 84.3 Å². The van der Waals surface area contributed by atoms with E-state index in [9.17, 15) is 26.4 Å². The molecular formula is C21H17F3N2O5S. The summed E-state index contributed by atoms with van der Waals surface area (Å²) in [6.07, 6.45) is -0.806. The molecule has 0 aliphatic heterocycles. The molecule has 0 fully saturated rings. The topological polar surface area (TPSA) is 97.6 Å². The number of halogens is 3. The van der Waals surface area contributed by atoms with E-state index in [1.165, 1.54) is 48.7 Å². The molecule has 11 heteroatoms. The van der Waals surface area contributed by atoms with E-state index in [4.69, 9.17) is 4.42 Å². The minimum Gasteiger partial charge on any atom is -0.468 e. The van der Waals surface area contributed by atoms with Crippen molar-refractivity contribution in [3.8, 4) is 5.75 Å². The Labute approximate surface area is 181 Å². The van der Waals surface area contributed by atoms with Gasteiger partial charge in [-0.15, -0.1) is 13.2 Å². The molecule has 1 heterocycles. The molecule has 0 saturated heterocycles. The largest absolute Gasteiger partial charge is 0.573 e. The van der Waals surface area contributed by atoms with Crippen LogP contribution in [0.4, 0.5) is 18.9 Å². The van der Waals surface area contributed by atoms with Gasteiger partial charge in [-0.3, -0.25) is 4.79 Å². The predicted molar refractivity (Wildman–Crippen MR) is 110 cm³/mol. The van der Waals surface area contributed by atoms with E-state index in [2.05, 4.69) is 14.8 Å². The summed E-state index contributed by atoms with van der Waals surface area (Å²) in [5.74, 6) is -0.488. The summed E-state index contributed by atoms with van der Waals surface area (Å²) in [5.41, 5.74) is 0.711. The Kier molecular flexibility index (Phi) is 7.01. The number of benzene rings is 2. The van der Waals surface area contributed by atoms with Crippen molar-refractivity contribution < 1.29 is 35.5 Å². The third-order valence-corrected chi connectivity index (χ3v) is 5.37. The lowest BCUT2D eigenvalue weighted by Gasteiger charge is -2.08. The van der Waals surface area contributed by atoms with Gasteiger partial charge in [-0.05, 0) is 54.1 Å². The quantitative estimate of drug-likeness (QED) is 0.482. The zero-order valence-corrected chi connectivity index (χ0v) is 17.1. The fourth-order valence-corrected chi connectivity index (χ4v) is 3.58. The number of nitrogens with one attached hydrogen (secondary N) is 2. The number of alkyl halides is 3. The van der Waals surface area contributed by atoms with E-state index in [-0.39, 0.29) is 22.9 Å². The number of ether oxygens (including phenoxy) is 1. The van der Waals surface area contributed by atoms with Crippen LogP contribution in [0.15, 0.2) is 82.3 Å². The van der Waals surface area contributed by atoms with Gasteiger partial charge in [0.05, 0.1) is 17.7 Å². The average Bonchev–Trinajstić information content (AvgIpc) is 3.25. The number of anilines is 1. The molecule has 0 bridgehead atoms. The zero-order valence-electron chi connectivity index (χ0n) is 16.3. The Bertz CT molecular complexity index is 1190. The minimum absolute atomic E-state index is 0.0263. The predicted octanol–water partition coefficient (Wildman–Crippen LogP) is 4.31. The number of sulfonamides is 1. The molecule has 0 radical (unpaired) electrons. The number of rotatable bonds is 8. The molecular weight excluding hydrogens is 449 g/mol. The zero-order chi connectivity index (χ0) is 23.2. The van der Waals surface area contributed by atoms with Gasteiger partial charge >= 0.3 is 6.36 Å². The summed E-state index contributed by atoms with van der Waals surface area (Å²) in [6.45, 7) is -0.0263. The van der Waals surface area contributed by atoms with Gasteiger partial charge in [0.1, 0.15) is 11.5 Å². The maximum absolute atomic E-state index is 12.4. The van der Waals surface area contributed by atoms with E-state index in [0.29, 0.717) is 11.3 Å². The first-order valence-corrected chi connectivity index (χ1v) is 10.6. The van der Waals surface area contributed by atoms with Crippen LogP contribution in [0, 0.1) is 0 Å². The van der Waals surface area contributed by atoms with Crippen molar-refractivity contribution in [3.63, 3.8) is 0 Å². The smallest absolute Gasteiger partial charge is 0.468 e. The molecule has 0 saturated carbocycles. The lowest BCUT2D eigenvalue weighted by atomic mass is 10.2. The SMILES string of the molecule is O=C(/C=C/c1ccc(OC(F)(F)F)cc1)Nc1cccc(S(=O)(=O)NCc2ccco2)c1. The second kappa shape index (κ2) is 9.71. The van der Waals surface area contributed by atoms with Crippen LogP contribution in [0.1, 0.15) is 11.3 Å². The Hall–Kier alpha value is -3.57. The molecule has 0 aliphatic rings. The van der Waals surface area contributed by atoms with E-state index in [0.717, 1.165) is 18.2 Å². The second-order valence-corrected chi connectivity index (χ2v) is 8.14. The first-order chi connectivity index (χ1) is 15.1. The standard InChI is InChI=1S/C21H17F3N2O5S/c22-21(23,24)31-17-9-6-15(7-10-17)8-11-20(27)26-16-3-1-5-19(13-16)32(28,29)25-14-18-4-2-12-30-18/h1-13,25H,14H2,(H,26,27)/b11-8+. The highest BCUT2D eigenvalue weighted by molar-refractivity contribution is 7.89. The first-order valence-electron chi connectivity index (χ1n) is 9.08. The Morgan fingerprint density at radius 3 is 2.47 bits per heavy atom. The minimum atomic E-state index is -4.78. The van der Waals surface area contributed by atoms with E-state index < -0.39 is 22.3 Å². The number of carbonyl (C=O) groups excluding carboxylic acids is 1. The van der Waals surface area contributed by atoms with Crippen LogP contribution in [-0.4, -0.2) is 20.7 Å². The van der Waals surface area contributed by atoms with Crippen molar-refractivity contribution in [1.82, 2.24) is 4.72 Å². The summed E-state index contributed by atoms with van der Waals surface area (Å²) in [5, 5.41) is 2.53. The molecule has 2 aromatic carbocycles. The highest BCUT2D eigenvalue weighted by Crippen LogP contribution is 2.23. The molecule has 2 N–H and O–H groups in total. The molecule has 0 aliphatic carbocycles. The van der Waals surface area contributed by atoms with Gasteiger partial charge in [0.25, 0.3) is 0 Å². The lowest BCUT2D eigenvalue weighted by Crippen LogP contribution is -2.23. The average molecular weight is 466 g/mol. The van der Waals surface area contributed by atoms with Gasteiger partial charge < -0.3 is 14.5 Å². The van der Waals surface area contributed by atoms with Gasteiger partial charge in [0.2, 0.25) is 15.9 Å². The monoisotopic (exact) mass is 466 g/mol. The second-order valence-electron chi connectivity index (χ2n) is 6.37. The van der Waals surface area contributed by atoms with Crippen molar-refractivity contribution in [1.29, 1.82) is 0 Å². The summed E-state index contributed by atoms with van der Waals surface area (Å²) < 4.78 is 72.6. The number of amides is 1. The molecule has 0 atom stereocenters. The van der Waals surface area contributed by atoms with Crippen molar-refractivity contribution >= 4 is 27.7 Å². The highest BCUT2D eigenvalue weighted by atomic mass is 32.2. The molecule has 168 valence electrons. The maximum atomic E-state index is 12.4. The number of hydrogen-bond acceptors (Lipinski definition) is 5. The van der Waals surface area contributed by atoms with Crippen LogP contribution < -0.4 is 14.8 Å². The van der Waals surface area contributed by atoms with Crippen molar-refractivity contribution in [2.45, 2.75) is 17.8 Å². The molecule has 1 aromatic heterocycles. The van der Waals surface area contributed by atoms with Gasteiger partial charge in [-0.25, -0.2) is 13.1 Å². The highest BCUT2D eigenvalue weighted by Gasteiger charge is 2.30. The maximum Gasteiger partial charge on any atom is 0.573 e. The molecule has 7 nitrogen and oxygen atoms in total. The van der Waals surface area contributed by atoms with E-state index >= 15 is 0 Å². The fourth-order valence-electron chi connectivity index (χ4n) is 2.54. The number of hydrogen-bond donors (Lipinski definition) is 2. The third kappa shape index (κ3) is 7.00. The van der Waals surface area contributed by atoms with E-state index in [1.54, 1.807) is 12.1 Å². The van der Waals surface area contributed by atoms with Gasteiger partial charge in [-0.1, -0.05) is 18.2 Å².